The SMILES string of the molecule is CO[C@H]1O[C@@H]2COCO[C@@H]2[C@H](OC)[C@H]1OC. The van der Waals surface area contributed by atoms with E-state index in [0.29, 0.717) is 6.61 Å². The van der Waals surface area contributed by atoms with Crippen molar-refractivity contribution in [2.24, 2.45) is 0 Å². The van der Waals surface area contributed by atoms with Crippen molar-refractivity contribution in [3.05, 3.63) is 0 Å². The van der Waals surface area contributed by atoms with Gasteiger partial charge in [-0.05, 0) is 0 Å². The monoisotopic (exact) mass is 234 g/mol. The Labute approximate surface area is 94.7 Å². The van der Waals surface area contributed by atoms with E-state index in [2.05, 4.69) is 0 Å². The highest BCUT2D eigenvalue weighted by Gasteiger charge is 2.48. The van der Waals surface area contributed by atoms with Gasteiger partial charge in [-0.25, -0.2) is 0 Å². The summed E-state index contributed by atoms with van der Waals surface area (Å²) >= 11 is 0. The molecule has 0 aromatic carbocycles. The summed E-state index contributed by atoms with van der Waals surface area (Å²) in [6.07, 6.45) is -1.31. The molecule has 0 aliphatic carbocycles. The van der Waals surface area contributed by atoms with Crippen molar-refractivity contribution < 1.29 is 28.4 Å². The summed E-state index contributed by atoms with van der Waals surface area (Å²) in [7, 11) is 4.81. The first-order chi connectivity index (χ1) is 7.81. The molecule has 0 aromatic heterocycles. The number of methoxy groups -OCH3 is 3. The smallest absolute Gasteiger partial charge is 0.186 e. The molecule has 0 aromatic rings. The number of hydrogen-bond acceptors (Lipinski definition) is 6. The van der Waals surface area contributed by atoms with Crippen LogP contribution in [0.15, 0.2) is 0 Å². The van der Waals surface area contributed by atoms with Crippen LogP contribution in [0, 0.1) is 0 Å². The quantitative estimate of drug-likeness (QED) is 0.672. The van der Waals surface area contributed by atoms with Crippen molar-refractivity contribution in [2.45, 2.75) is 30.7 Å². The van der Waals surface area contributed by atoms with Gasteiger partial charge in [0.1, 0.15) is 31.2 Å². The van der Waals surface area contributed by atoms with Gasteiger partial charge in [-0.2, -0.15) is 0 Å². The third-order valence-electron chi connectivity index (χ3n) is 2.99. The van der Waals surface area contributed by atoms with E-state index in [1.54, 1.807) is 21.3 Å². The zero-order valence-electron chi connectivity index (χ0n) is 9.75. The average Bonchev–Trinajstić information content (AvgIpc) is 2.36. The Morgan fingerprint density at radius 1 is 1.00 bits per heavy atom. The molecule has 94 valence electrons. The maximum atomic E-state index is 5.70. The van der Waals surface area contributed by atoms with Crippen LogP contribution in [0.25, 0.3) is 0 Å². The third kappa shape index (κ3) is 2.09. The van der Waals surface area contributed by atoms with Gasteiger partial charge in [-0.1, -0.05) is 0 Å². The Kier molecular flexibility index (Phi) is 4.12. The van der Waals surface area contributed by atoms with Gasteiger partial charge in [-0.3, -0.25) is 0 Å². The molecule has 2 saturated heterocycles. The van der Waals surface area contributed by atoms with Crippen LogP contribution in [0.4, 0.5) is 0 Å². The molecule has 5 atom stereocenters. The van der Waals surface area contributed by atoms with E-state index in [0.717, 1.165) is 0 Å². The average molecular weight is 234 g/mol. The van der Waals surface area contributed by atoms with E-state index in [1.807, 2.05) is 0 Å². The lowest BCUT2D eigenvalue weighted by molar-refractivity contribution is -0.340. The van der Waals surface area contributed by atoms with Crippen molar-refractivity contribution >= 4 is 0 Å². The summed E-state index contributed by atoms with van der Waals surface area (Å²) in [6.45, 7) is 0.749. The Morgan fingerprint density at radius 2 is 1.75 bits per heavy atom. The minimum absolute atomic E-state index is 0.171. The molecule has 2 fully saturated rings. The molecule has 2 aliphatic rings. The normalized spacial score (nSPS) is 44.1. The summed E-state index contributed by atoms with van der Waals surface area (Å²) in [5.41, 5.74) is 0. The minimum Gasteiger partial charge on any atom is -0.376 e. The van der Waals surface area contributed by atoms with Crippen molar-refractivity contribution in [3.63, 3.8) is 0 Å². The van der Waals surface area contributed by atoms with Crippen LogP contribution in [-0.2, 0) is 28.4 Å². The van der Waals surface area contributed by atoms with E-state index in [4.69, 9.17) is 28.4 Å². The Bertz CT molecular complexity index is 217. The number of rotatable bonds is 3. The molecule has 0 bridgehead atoms. The van der Waals surface area contributed by atoms with E-state index in [-0.39, 0.29) is 31.2 Å². The topological polar surface area (TPSA) is 55.4 Å². The highest BCUT2D eigenvalue weighted by molar-refractivity contribution is 4.93. The van der Waals surface area contributed by atoms with Gasteiger partial charge in [0.2, 0.25) is 0 Å². The summed E-state index contributed by atoms with van der Waals surface area (Å²) < 4.78 is 32.4. The molecule has 2 heterocycles. The first kappa shape index (κ1) is 12.2. The van der Waals surface area contributed by atoms with Crippen LogP contribution in [0.5, 0.6) is 0 Å². The molecular formula is C10H18O6. The molecule has 0 unspecified atom stereocenters. The first-order valence-corrected chi connectivity index (χ1v) is 5.25. The third-order valence-corrected chi connectivity index (χ3v) is 2.99. The van der Waals surface area contributed by atoms with E-state index in [9.17, 15) is 0 Å². The van der Waals surface area contributed by atoms with Crippen molar-refractivity contribution in [1.82, 2.24) is 0 Å². The lowest BCUT2D eigenvalue weighted by atomic mass is 9.98. The molecule has 0 radical (unpaired) electrons. The van der Waals surface area contributed by atoms with Gasteiger partial charge in [0, 0.05) is 21.3 Å². The van der Waals surface area contributed by atoms with E-state index >= 15 is 0 Å². The van der Waals surface area contributed by atoms with Gasteiger partial charge < -0.3 is 28.4 Å². The maximum absolute atomic E-state index is 5.70. The fraction of sp³-hybridized carbons (Fsp3) is 1.00. The van der Waals surface area contributed by atoms with Gasteiger partial charge >= 0.3 is 0 Å². The largest absolute Gasteiger partial charge is 0.376 e. The second-order valence-corrected chi connectivity index (χ2v) is 3.80. The summed E-state index contributed by atoms with van der Waals surface area (Å²) in [5.74, 6) is 0. The van der Waals surface area contributed by atoms with Crippen LogP contribution in [0.1, 0.15) is 0 Å². The molecule has 0 saturated carbocycles. The lowest BCUT2D eigenvalue weighted by Gasteiger charge is -2.46. The highest BCUT2D eigenvalue weighted by atomic mass is 16.7. The molecule has 2 aliphatic heterocycles. The Hall–Kier alpha value is -0.240. The van der Waals surface area contributed by atoms with Gasteiger partial charge in [0.05, 0.1) is 6.61 Å². The van der Waals surface area contributed by atoms with Gasteiger partial charge in [-0.15, -0.1) is 0 Å². The van der Waals surface area contributed by atoms with Crippen LogP contribution in [-0.4, -0.2) is 65.4 Å². The number of hydrogen-bond donors (Lipinski definition) is 0. The van der Waals surface area contributed by atoms with E-state index < -0.39 is 6.29 Å². The van der Waals surface area contributed by atoms with Crippen LogP contribution >= 0.6 is 0 Å². The second kappa shape index (κ2) is 5.39. The minimum atomic E-state index is -0.457. The number of ether oxygens (including phenoxy) is 6. The molecule has 0 amide bonds. The highest BCUT2D eigenvalue weighted by Crippen LogP contribution is 2.29. The lowest BCUT2D eigenvalue weighted by Crippen LogP contribution is -2.62. The number of fused-ring (bicyclic) bond motifs is 1. The van der Waals surface area contributed by atoms with Crippen LogP contribution in [0.2, 0.25) is 0 Å². The maximum Gasteiger partial charge on any atom is 0.186 e. The first-order valence-electron chi connectivity index (χ1n) is 5.25. The van der Waals surface area contributed by atoms with Crippen molar-refractivity contribution in [2.75, 3.05) is 34.7 Å². The second-order valence-electron chi connectivity index (χ2n) is 3.80. The Morgan fingerprint density at radius 3 is 2.38 bits per heavy atom. The summed E-state index contributed by atoms with van der Waals surface area (Å²) in [4.78, 5) is 0. The molecule has 6 nitrogen and oxygen atoms in total. The van der Waals surface area contributed by atoms with Gasteiger partial charge in [0.25, 0.3) is 0 Å². The molecular weight excluding hydrogens is 216 g/mol. The molecule has 2 rings (SSSR count). The zero-order chi connectivity index (χ0) is 11.5. The fourth-order valence-electron chi connectivity index (χ4n) is 2.21. The molecule has 6 heteroatoms. The van der Waals surface area contributed by atoms with Crippen molar-refractivity contribution in [1.29, 1.82) is 0 Å². The standard InChI is InChI=1S/C10H18O6/c1-11-8-7-6(4-14-5-15-7)16-10(13-3)9(8)12-2/h6-10H,4-5H2,1-3H3/t6-,7+,8+,9-,10+/m1/s1. The van der Waals surface area contributed by atoms with E-state index in [1.165, 1.54) is 0 Å². The van der Waals surface area contributed by atoms with Crippen LogP contribution < -0.4 is 0 Å². The molecule has 16 heavy (non-hydrogen) atoms. The Balaban J connectivity index is 2.13. The summed E-state index contributed by atoms with van der Waals surface area (Å²) in [6, 6.07) is 0. The molecule has 0 N–H and O–H groups in total. The fourth-order valence-corrected chi connectivity index (χ4v) is 2.21. The predicted octanol–water partition coefficient (Wildman–Crippen LogP) is -0.239. The van der Waals surface area contributed by atoms with Crippen molar-refractivity contribution in [3.8, 4) is 0 Å². The molecule has 0 spiro atoms. The van der Waals surface area contributed by atoms with Gasteiger partial charge in [0.15, 0.2) is 6.29 Å². The predicted molar refractivity (Wildman–Crippen MR) is 53.0 cm³/mol. The van der Waals surface area contributed by atoms with Crippen LogP contribution in [0.3, 0.4) is 0 Å². The summed E-state index contributed by atoms with van der Waals surface area (Å²) in [5, 5.41) is 0. The zero-order valence-corrected chi connectivity index (χ0v) is 9.75.